The van der Waals surface area contributed by atoms with Crippen molar-refractivity contribution in [2.24, 2.45) is 0 Å². The Morgan fingerprint density at radius 2 is 2.20 bits per heavy atom. The number of urea groups is 1. The van der Waals surface area contributed by atoms with Gasteiger partial charge in [0.05, 0.1) is 13.2 Å². The first-order chi connectivity index (χ1) is 12.1. The van der Waals surface area contributed by atoms with Crippen molar-refractivity contribution < 1.29 is 14.3 Å². The van der Waals surface area contributed by atoms with Gasteiger partial charge < -0.3 is 19.9 Å². The molecule has 1 N–H and O–H groups in total. The second kappa shape index (κ2) is 7.76. The van der Waals surface area contributed by atoms with Gasteiger partial charge in [-0.3, -0.25) is 4.79 Å². The molecule has 2 aliphatic rings. The van der Waals surface area contributed by atoms with E-state index in [4.69, 9.17) is 4.74 Å². The van der Waals surface area contributed by atoms with Crippen molar-refractivity contribution in [3.05, 3.63) is 24.3 Å². The minimum Gasteiger partial charge on any atom is -0.497 e. The molecule has 2 fully saturated rings. The number of ether oxygens (including phenoxy) is 1. The number of hydrogen-bond acceptors (Lipinski definition) is 3. The number of methoxy groups -OCH3 is 1. The van der Waals surface area contributed by atoms with Crippen LogP contribution in [0.15, 0.2) is 24.3 Å². The van der Waals surface area contributed by atoms with Crippen molar-refractivity contribution in [2.45, 2.75) is 51.1 Å². The van der Waals surface area contributed by atoms with Gasteiger partial charge in [0.25, 0.3) is 0 Å². The van der Waals surface area contributed by atoms with Crippen LogP contribution in [0.3, 0.4) is 0 Å². The summed E-state index contributed by atoms with van der Waals surface area (Å²) < 4.78 is 5.23. The number of nitrogens with one attached hydrogen (secondary N) is 1. The van der Waals surface area contributed by atoms with E-state index in [1.807, 2.05) is 29.2 Å². The number of amides is 3. The van der Waals surface area contributed by atoms with Crippen LogP contribution < -0.4 is 15.0 Å². The number of benzene rings is 1. The van der Waals surface area contributed by atoms with E-state index in [2.05, 4.69) is 12.2 Å². The van der Waals surface area contributed by atoms with Gasteiger partial charge >= 0.3 is 6.03 Å². The number of hydrogen-bond donors (Lipinski definition) is 1. The van der Waals surface area contributed by atoms with Gasteiger partial charge in [-0.05, 0) is 37.8 Å². The van der Waals surface area contributed by atoms with E-state index in [1.54, 1.807) is 12.0 Å². The number of likely N-dealkylation sites (tertiary alicyclic amines) is 1. The van der Waals surface area contributed by atoms with Crippen LogP contribution in [0.4, 0.5) is 10.5 Å². The Kier molecular flexibility index (Phi) is 5.46. The summed E-state index contributed by atoms with van der Waals surface area (Å²) in [5.74, 6) is 0.751. The largest absolute Gasteiger partial charge is 0.497 e. The van der Waals surface area contributed by atoms with Crippen LogP contribution in [-0.2, 0) is 4.79 Å². The van der Waals surface area contributed by atoms with E-state index in [0.717, 1.165) is 37.2 Å². The highest BCUT2D eigenvalue weighted by Crippen LogP contribution is 2.26. The van der Waals surface area contributed by atoms with E-state index < -0.39 is 0 Å². The topological polar surface area (TPSA) is 61.9 Å². The number of rotatable bonds is 4. The fourth-order valence-corrected chi connectivity index (χ4v) is 3.78. The zero-order valence-corrected chi connectivity index (χ0v) is 15.0. The van der Waals surface area contributed by atoms with Crippen LogP contribution in [-0.4, -0.2) is 49.1 Å². The van der Waals surface area contributed by atoms with E-state index in [-0.39, 0.29) is 18.0 Å². The molecule has 2 saturated heterocycles. The van der Waals surface area contributed by atoms with E-state index in [0.29, 0.717) is 19.0 Å². The molecule has 0 aromatic heterocycles. The predicted octanol–water partition coefficient (Wildman–Crippen LogP) is 2.77. The second-order valence-electron chi connectivity index (χ2n) is 6.81. The quantitative estimate of drug-likeness (QED) is 0.913. The highest BCUT2D eigenvalue weighted by atomic mass is 16.5. The molecule has 1 aromatic rings. The van der Waals surface area contributed by atoms with Crippen molar-refractivity contribution in [1.82, 2.24) is 10.2 Å². The maximum Gasteiger partial charge on any atom is 0.317 e. The summed E-state index contributed by atoms with van der Waals surface area (Å²) in [6.07, 6.45) is 4.64. The van der Waals surface area contributed by atoms with Crippen LogP contribution in [0.1, 0.15) is 39.0 Å². The molecule has 0 bridgehead atoms. The van der Waals surface area contributed by atoms with Gasteiger partial charge in [0.15, 0.2) is 0 Å². The van der Waals surface area contributed by atoms with Gasteiger partial charge in [-0.2, -0.15) is 0 Å². The fourth-order valence-electron chi connectivity index (χ4n) is 3.78. The van der Waals surface area contributed by atoms with Gasteiger partial charge in [-0.15, -0.1) is 0 Å². The first-order valence-electron chi connectivity index (χ1n) is 9.14. The first kappa shape index (κ1) is 17.6. The summed E-state index contributed by atoms with van der Waals surface area (Å²) in [6, 6.07) is 7.60. The number of anilines is 1. The number of carbonyl (C=O) groups is 2. The second-order valence-corrected chi connectivity index (χ2v) is 6.81. The van der Waals surface area contributed by atoms with Crippen LogP contribution in [0.25, 0.3) is 0 Å². The third kappa shape index (κ3) is 3.89. The Balaban J connectivity index is 1.63. The molecule has 2 atom stereocenters. The molecule has 136 valence electrons. The first-order valence-corrected chi connectivity index (χ1v) is 9.14. The Morgan fingerprint density at radius 3 is 2.96 bits per heavy atom. The van der Waals surface area contributed by atoms with Crippen LogP contribution >= 0.6 is 0 Å². The average Bonchev–Trinajstić information content (AvgIpc) is 3.01. The van der Waals surface area contributed by atoms with E-state index >= 15 is 0 Å². The normalized spacial score (nSPS) is 23.7. The average molecular weight is 345 g/mol. The van der Waals surface area contributed by atoms with Crippen molar-refractivity contribution in [3.63, 3.8) is 0 Å². The van der Waals surface area contributed by atoms with Gasteiger partial charge in [-0.25, -0.2) is 4.79 Å². The molecule has 0 aliphatic carbocycles. The van der Waals surface area contributed by atoms with Gasteiger partial charge in [0.1, 0.15) is 5.75 Å². The molecule has 0 unspecified atom stereocenters. The predicted molar refractivity (Wildman–Crippen MR) is 96.9 cm³/mol. The summed E-state index contributed by atoms with van der Waals surface area (Å²) in [6.45, 7) is 3.44. The molecular weight excluding hydrogens is 318 g/mol. The maximum atomic E-state index is 12.6. The van der Waals surface area contributed by atoms with Crippen molar-refractivity contribution in [2.75, 3.05) is 25.1 Å². The monoisotopic (exact) mass is 345 g/mol. The molecule has 0 spiro atoms. The molecule has 6 nitrogen and oxygen atoms in total. The standard InChI is InChI=1S/C19H27N3O3/c1-3-15-7-4-5-10-21(15)19(24)20-14-11-18(23)22(13-14)16-8-6-9-17(12-16)25-2/h6,8-9,12,14-15H,3-5,7,10-11,13H2,1-2H3,(H,20,24)/t14-,15+/m1/s1. The Hall–Kier alpha value is -2.24. The molecular formula is C19H27N3O3. The minimum atomic E-state index is -0.148. The molecule has 0 saturated carbocycles. The minimum absolute atomic E-state index is 0.0307. The summed E-state index contributed by atoms with van der Waals surface area (Å²) >= 11 is 0. The van der Waals surface area contributed by atoms with Crippen LogP contribution in [0.5, 0.6) is 5.75 Å². The molecule has 25 heavy (non-hydrogen) atoms. The highest BCUT2D eigenvalue weighted by molar-refractivity contribution is 5.97. The maximum absolute atomic E-state index is 12.6. The molecule has 3 rings (SSSR count). The lowest BCUT2D eigenvalue weighted by molar-refractivity contribution is -0.117. The van der Waals surface area contributed by atoms with Crippen LogP contribution in [0.2, 0.25) is 0 Å². The summed E-state index contributed by atoms with van der Waals surface area (Å²) in [5.41, 5.74) is 0.811. The Bertz CT molecular complexity index is 634. The zero-order valence-electron chi connectivity index (χ0n) is 15.0. The Morgan fingerprint density at radius 1 is 1.36 bits per heavy atom. The molecule has 0 radical (unpaired) electrons. The molecule has 1 aromatic carbocycles. The van der Waals surface area contributed by atoms with Gasteiger partial charge in [0, 0.05) is 37.3 Å². The fraction of sp³-hybridized carbons (Fsp3) is 0.579. The SMILES string of the molecule is CC[C@H]1CCCCN1C(=O)N[C@@H]1CC(=O)N(c2cccc(OC)c2)C1. The lowest BCUT2D eigenvalue weighted by atomic mass is 10.0. The number of nitrogens with zero attached hydrogens (tertiary/aromatic N) is 2. The smallest absolute Gasteiger partial charge is 0.317 e. The number of piperidine rings is 1. The van der Waals surface area contributed by atoms with Gasteiger partial charge in [-0.1, -0.05) is 13.0 Å². The third-order valence-electron chi connectivity index (χ3n) is 5.18. The lowest BCUT2D eigenvalue weighted by Gasteiger charge is -2.35. The van der Waals surface area contributed by atoms with E-state index in [9.17, 15) is 9.59 Å². The van der Waals surface area contributed by atoms with Crippen molar-refractivity contribution >= 4 is 17.6 Å². The summed E-state index contributed by atoms with van der Waals surface area (Å²) in [7, 11) is 1.61. The van der Waals surface area contributed by atoms with Crippen molar-refractivity contribution in [3.8, 4) is 5.75 Å². The van der Waals surface area contributed by atoms with E-state index in [1.165, 1.54) is 6.42 Å². The zero-order chi connectivity index (χ0) is 17.8. The number of carbonyl (C=O) groups excluding carboxylic acids is 2. The summed E-state index contributed by atoms with van der Waals surface area (Å²) in [5, 5.41) is 3.06. The molecule has 3 amide bonds. The van der Waals surface area contributed by atoms with Crippen LogP contribution in [0, 0.1) is 0 Å². The highest BCUT2D eigenvalue weighted by Gasteiger charge is 2.34. The molecule has 2 aliphatic heterocycles. The Labute approximate surface area is 149 Å². The van der Waals surface area contributed by atoms with Gasteiger partial charge in [0.2, 0.25) is 5.91 Å². The molecule has 6 heteroatoms. The molecule has 2 heterocycles. The third-order valence-corrected chi connectivity index (χ3v) is 5.18. The summed E-state index contributed by atoms with van der Waals surface area (Å²) in [4.78, 5) is 28.7. The van der Waals surface area contributed by atoms with Crippen molar-refractivity contribution in [1.29, 1.82) is 0 Å². The lowest BCUT2D eigenvalue weighted by Crippen LogP contribution is -2.51.